The van der Waals surface area contributed by atoms with Gasteiger partial charge >= 0.3 is 12.0 Å². The summed E-state index contributed by atoms with van der Waals surface area (Å²) in [6, 6.07) is 6.68. The minimum Gasteiger partial charge on any atom is -0.494 e. The van der Waals surface area contributed by atoms with Crippen molar-refractivity contribution in [2.45, 2.75) is 51.5 Å². The van der Waals surface area contributed by atoms with Gasteiger partial charge in [0.25, 0.3) is 5.91 Å². The van der Waals surface area contributed by atoms with Crippen molar-refractivity contribution in [1.29, 1.82) is 0 Å². The van der Waals surface area contributed by atoms with Gasteiger partial charge in [0.15, 0.2) is 0 Å². The lowest BCUT2D eigenvalue weighted by atomic mass is 9.73. The molecule has 1 aromatic rings. The summed E-state index contributed by atoms with van der Waals surface area (Å²) in [5.74, 6) is 0.506. The Morgan fingerprint density at radius 2 is 1.77 bits per heavy atom. The van der Waals surface area contributed by atoms with Gasteiger partial charge in [-0.15, -0.1) is 0 Å². The molecule has 8 nitrogen and oxygen atoms in total. The molecule has 8 heteroatoms. The van der Waals surface area contributed by atoms with E-state index in [9.17, 15) is 14.4 Å². The summed E-state index contributed by atoms with van der Waals surface area (Å²) in [6.07, 6.45) is 4.36. The molecule has 1 saturated carbocycles. The van der Waals surface area contributed by atoms with Gasteiger partial charge in [-0.3, -0.25) is 14.5 Å². The van der Waals surface area contributed by atoms with Crippen molar-refractivity contribution in [2.75, 3.05) is 26.4 Å². The summed E-state index contributed by atoms with van der Waals surface area (Å²) in [5.41, 5.74) is -0.869. The number of ether oxygens (including phenoxy) is 3. The Morgan fingerprint density at radius 3 is 2.40 bits per heavy atom. The lowest BCUT2D eigenvalue weighted by molar-refractivity contribution is -0.149. The maximum atomic E-state index is 12.8. The molecule has 1 heterocycles. The van der Waals surface area contributed by atoms with Gasteiger partial charge in [0.1, 0.15) is 36.8 Å². The molecule has 1 aromatic carbocycles. The molecule has 3 amide bonds. The Bertz CT molecular complexity index is 765. The fourth-order valence-electron chi connectivity index (χ4n) is 3.98. The number of amides is 3. The second-order valence-electron chi connectivity index (χ2n) is 7.83. The molecule has 1 aliphatic heterocycles. The first-order valence-electron chi connectivity index (χ1n) is 10.6. The first-order valence-corrected chi connectivity index (χ1v) is 10.6. The fourth-order valence-corrected chi connectivity index (χ4v) is 3.98. The lowest BCUT2D eigenvalue weighted by Crippen LogP contribution is -2.54. The summed E-state index contributed by atoms with van der Waals surface area (Å²) in [5, 5.41) is 2.82. The van der Waals surface area contributed by atoms with E-state index in [-0.39, 0.29) is 31.6 Å². The molecule has 0 radical (unpaired) electrons. The number of urea groups is 1. The maximum absolute atomic E-state index is 12.8. The van der Waals surface area contributed by atoms with Crippen molar-refractivity contribution in [3.8, 4) is 11.5 Å². The lowest BCUT2D eigenvalue weighted by Gasteiger charge is -2.36. The van der Waals surface area contributed by atoms with E-state index in [0.29, 0.717) is 18.8 Å². The normalized spacial score (nSPS) is 23.4. The van der Waals surface area contributed by atoms with Crippen molar-refractivity contribution in [2.24, 2.45) is 5.92 Å². The van der Waals surface area contributed by atoms with E-state index < -0.39 is 17.5 Å². The number of hydrogen-bond donors (Lipinski definition) is 1. The highest BCUT2D eigenvalue weighted by atomic mass is 16.6. The molecule has 0 aromatic heterocycles. The predicted molar refractivity (Wildman–Crippen MR) is 109 cm³/mol. The van der Waals surface area contributed by atoms with Crippen molar-refractivity contribution in [1.82, 2.24) is 10.2 Å². The molecular weight excluding hydrogens is 388 g/mol. The molecule has 0 bridgehead atoms. The van der Waals surface area contributed by atoms with Gasteiger partial charge in [-0.25, -0.2) is 4.79 Å². The number of nitrogens with one attached hydrogen (secondary N) is 1. The molecule has 0 unspecified atom stereocenters. The van der Waals surface area contributed by atoms with Gasteiger partial charge < -0.3 is 19.5 Å². The van der Waals surface area contributed by atoms with Crippen molar-refractivity contribution in [3.05, 3.63) is 24.3 Å². The zero-order chi connectivity index (χ0) is 21.6. The summed E-state index contributed by atoms with van der Waals surface area (Å²) in [6.45, 7) is 4.48. The van der Waals surface area contributed by atoms with Gasteiger partial charge in [0, 0.05) is 0 Å². The fraction of sp³-hybridized carbons (Fsp3) is 0.591. The van der Waals surface area contributed by atoms with Crippen LogP contribution in [0.1, 0.15) is 46.0 Å². The van der Waals surface area contributed by atoms with Crippen LogP contribution in [0.15, 0.2) is 24.3 Å². The Morgan fingerprint density at radius 1 is 1.10 bits per heavy atom. The van der Waals surface area contributed by atoms with Gasteiger partial charge in [-0.1, -0.05) is 26.7 Å². The van der Waals surface area contributed by atoms with E-state index in [1.165, 1.54) is 0 Å². The van der Waals surface area contributed by atoms with E-state index in [1.807, 2.05) is 26.0 Å². The number of carbonyl (C=O) groups excluding carboxylic acids is 3. The van der Waals surface area contributed by atoms with E-state index in [0.717, 1.165) is 36.3 Å². The first-order chi connectivity index (χ1) is 14.5. The monoisotopic (exact) mass is 418 g/mol. The third-order valence-corrected chi connectivity index (χ3v) is 5.70. The molecule has 1 spiro atoms. The topological polar surface area (TPSA) is 94.2 Å². The number of benzene rings is 1. The SMILES string of the molecule is CCCOc1ccc(OCCOC(=O)CN2C(=O)N[C@@]3(CCCC[C@H]3C)C2=O)cc1. The van der Waals surface area contributed by atoms with Crippen LogP contribution in [0.25, 0.3) is 0 Å². The Balaban J connectivity index is 1.41. The quantitative estimate of drug-likeness (QED) is 0.376. The van der Waals surface area contributed by atoms with Crippen LogP contribution in [-0.2, 0) is 14.3 Å². The highest BCUT2D eigenvalue weighted by Gasteiger charge is 2.55. The molecule has 1 saturated heterocycles. The van der Waals surface area contributed by atoms with Crippen molar-refractivity contribution < 1.29 is 28.6 Å². The van der Waals surface area contributed by atoms with Crippen LogP contribution in [0.2, 0.25) is 0 Å². The average molecular weight is 418 g/mol. The second kappa shape index (κ2) is 9.82. The number of nitrogens with zero attached hydrogens (tertiary/aromatic N) is 1. The highest BCUT2D eigenvalue weighted by Crippen LogP contribution is 2.38. The van der Waals surface area contributed by atoms with Gasteiger partial charge in [0.2, 0.25) is 0 Å². The van der Waals surface area contributed by atoms with Crippen LogP contribution in [-0.4, -0.2) is 54.7 Å². The van der Waals surface area contributed by atoms with E-state index in [1.54, 1.807) is 12.1 Å². The predicted octanol–water partition coefficient (Wildman–Crippen LogP) is 2.90. The molecule has 30 heavy (non-hydrogen) atoms. The average Bonchev–Trinajstić information content (AvgIpc) is 2.97. The zero-order valence-corrected chi connectivity index (χ0v) is 17.6. The molecule has 2 fully saturated rings. The number of hydrogen-bond acceptors (Lipinski definition) is 6. The van der Waals surface area contributed by atoms with E-state index in [4.69, 9.17) is 14.2 Å². The molecule has 164 valence electrons. The second-order valence-corrected chi connectivity index (χ2v) is 7.83. The van der Waals surface area contributed by atoms with Gasteiger partial charge in [-0.05, 0) is 49.4 Å². The van der Waals surface area contributed by atoms with E-state index in [2.05, 4.69) is 5.32 Å². The largest absolute Gasteiger partial charge is 0.494 e. The summed E-state index contributed by atoms with van der Waals surface area (Å²) >= 11 is 0. The highest BCUT2D eigenvalue weighted by molar-refractivity contribution is 6.08. The molecule has 3 rings (SSSR count). The van der Waals surface area contributed by atoms with Crippen LogP contribution in [0, 0.1) is 5.92 Å². The molecule has 2 aliphatic rings. The third-order valence-electron chi connectivity index (χ3n) is 5.70. The molecular formula is C22H30N2O6. The minimum atomic E-state index is -0.869. The number of imide groups is 1. The number of rotatable bonds is 9. The van der Waals surface area contributed by atoms with Crippen LogP contribution in [0.5, 0.6) is 11.5 Å². The van der Waals surface area contributed by atoms with Crippen LogP contribution >= 0.6 is 0 Å². The Kier molecular flexibility index (Phi) is 7.18. The Hall–Kier alpha value is -2.77. The zero-order valence-electron chi connectivity index (χ0n) is 17.6. The maximum Gasteiger partial charge on any atom is 0.326 e. The van der Waals surface area contributed by atoms with Crippen LogP contribution in [0.3, 0.4) is 0 Å². The van der Waals surface area contributed by atoms with E-state index >= 15 is 0 Å². The summed E-state index contributed by atoms with van der Waals surface area (Å²) in [7, 11) is 0. The molecule has 1 N–H and O–H groups in total. The smallest absolute Gasteiger partial charge is 0.326 e. The third kappa shape index (κ3) is 4.86. The molecule has 2 atom stereocenters. The Labute approximate surface area is 176 Å². The number of esters is 1. The number of carbonyl (C=O) groups is 3. The summed E-state index contributed by atoms with van der Waals surface area (Å²) in [4.78, 5) is 38.2. The molecule has 1 aliphatic carbocycles. The van der Waals surface area contributed by atoms with Crippen molar-refractivity contribution >= 4 is 17.9 Å². The van der Waals surface area contributed by atoms with Crippen molar-refractivity contribution in [3.63, 3.8) is 0 Å². The summed E-state index contributed by atoms with van der Waals surface area (Å²) < 4.78 is 16.2. The van der Waals surface area contributed by atoms with Gasteiger partial charge in [-0.2, -0.15) is 0 Å². The first kappa shape index (κ1) is 21.9. The van der Waals surface area contributed by atoms with Crippen LogP contribution < -0.4 is 14.8 Å². The van der Waals surface area contributed by atoms with Gasteiger partial charge in [0.05, 0.1) is 6.61 Å². The minimum absolute atomic E-state index is 0.0259. The standard InChI is InChI=1S/C22H30N2O6/c1-3-12-28-17-7-9-18(10-8-17)29-13-14-30-19(25)15-24-20(26)22(23-21(24)27)11-5-4-6-16(22)2/h7-10,16H,3-6,11-15H2,1-2H3,(H,23,27)/t16-,22-/m1/s1. The van der Waals surface area contributed by atoms with Crippen LogP contribution in [0.4, 0.5) is 4.79 Å².